The summed E-state index contributed by atoms with van der Waals surface area (Å²) in [5.74, 6) is -0.328. The highest BCUT2D eigenvalue weighted by atomic mass is 16.5. The molecule has 1 aromatic heterocycles. The summed E-state index contributed by atoms with van der Waals surface area (Å²) < 4.78 is 5.55. The zero-order valence-electron chi connectivity index (χ0n) is 13.0. The Morgan fingerprint density at radius 2 is 2.23 bits per heavy atom. The van der Waals surface area contributed by atoms with Crippen molar-refractivity contribution < 1.29 is 9.53 Å². The lowest BCUT2D eigenvalue weighted by Crippen LogP contribution is -2.56. The van der Waals surface area contributed by atoms with Gasteiger partial charge in [-0.05, 0) is 37.6 Å². The standard InChI is InChI=1S/C17H21N3O2/c1-11-3-5-14-9-13(4-6-15(14)19-11)10-20-7-8-22-12(2)16(20)17(18)21/h3-6,9,12,16H,7-8,10H2,1-2H3,(H2,18,21)/t12-,16+/m1/s1. The number of rotatable bonds is 3. The number of nitrogens with zero attached hydrogens (tertiary/aromatic N) is 2. The molecule has 1 aliphatic heterocycles. The van der Waals surface area contributed by atoms with Crippen molar-refractivity contribution in [3.63, 3.8) is 0 Å². The minimum atomic E-state index is -0.374. The molecule has 2 heterocycles. The van der Waals surface area contributed by atoms with Gasteiger partial charge in [-0.1, -0.05) is 12.1 Å². The van der Waals surface area contributed by atoms with Gasteiger partial charge in [0.15, 0.2) is 0 Å². The van der Waals surface area contributed by atoms with E-state index in [2.05, 4.69) is 28.1 Å². The Balaban J connectivity index is 1.85. The van der Waals surface area contributed by atoms with E-state index in [1.54, 1.807) is 0 Å². The van der Waals surface area contributed by atoms with E-state index in [9.17, 15) is 4.79 Å². The molecule has 2 atom stereocenters. The van der Waals surface area contributed by atoms with Crippen molar-refractivity contribution in [3.8, 4) is 0 Å². The number of pyridine rings is 1. The van der Waals surface area contributed by atoms with E-state index in [0.717, 1.165) is 22.2 Å². The van der Waals surface area contributed by atoms with Crippen LogP contribution < -0.4 is 5.73 Å². The normalized spacial score (nSPS) is 22.8. The van der Waals surface area contributed by atoms with Crippen LogP contribution in [-0.2, 0) is 16.1 Å². The number of morpholine rings is 1. The number of fused-ring (bicyclic) bond motifs is 1. The second-order valence-electron chi connectivity index (χ2n) is 5.87. The maximum Gasteiger partial charge on any atom is 0.237 e. The second-order valence-corrected chi connectivity index (χ2v) is 5.87. The first-order valence-electron chi connectivity index (χ1n) is 7.56. The van der Waals surface area contributed by atoms with Gasteiger partial charge < -0.3 is 10.5 Å². The first kappa shape index (κ1) is 14.9. The number of amides is 1. The molecule has 2 aromatic rings. The fourth-order valence-corrected chi connectivity index (χ4v) is 3.08. The van der Waals surface area contributed by atoms with Crippen LogP contribution in [-0.4, -0.2) is 41.1 Å². The van der Waals surface area contributed by atoms with Crippen LogP contribution in [0.4, 0.5) is 0 Å². The lowest BCUT2D eigenvalue weighted by Gasteiger charge is -2.37. The van der Waals surface area contributed by atoms with Crippen molar-refractivity contribution in [2.24, 2.45) is 5.73 Å². The minimum Gasteiger partial charge on any atom is -0.375 e. The third kappa shape index (κ3) is 2.96. The molecular weight excluding hydrogens is 278 g/mol. The first-order chi connectivity index (χ1) is 10.5. The third-order valence-electron chi connectivity index (χ3n) is 4.17. The summed E-state index contributed by atoms with van der Waals surface area (Å²) in [7, 11) is 0. The van der Waals surface area contributed by atoms with Crippen LogP contribution in [0.2, 0.25) is 0 Å². The fourth-order valence-electron chi connectivity index (χ4n) is 3.08. The van der Waals surface area contributed by atoms with Gasteiger partial charge in [-0.25, -0.2) is 0 Å². The highest BCUT2D eigenvalue weighted by Gasteiger charge is 2.33. The van der Waals surface area contributed by atoms with Crippen LogP contribution in [0.1, 0.15) is 18.2 Å². The van der Waals surface area contributed by atoms with Gasteiger partial charge in [0.05, 0.1) is 18.2 Å². The molecule has 0 unspecified atom stereocenters. The van der Waals surface area contributed by atoms with Gasteiger partial charge in [0.1, 0.15) is 6.04 Å². The smallest absolute Gasteiger partial charge is 0.237 e. The van der Waals surface area contributed by atoms with Crippen molar-refractivity contribution in [2.75, 3.05) is 13.2 Å². The summed E-state index contributed by atoms with van der Waals surface area (Å²) >= 11 is 0. The van der Waals surface area contributed by atoms with E-state index >= 15 is 0 Å². The van der Waals surface area contributed by atoms with Gasteiger partial charge in [-0.2, -0.15) is 0 Å². The number of primary amides is 1. The van der Waals surface area contributed by atoms with Crippen molar-refractivity contribution in [1.82, 2.24) is 9.88 Å². The molecule has 0 aliphatic carbocycles. The Morgan fingerprint density at radius 1 is 1.41 bits per heavy atom. The average molecular weight is 299 g/mol. The van der Waals surface area contributed by atoms with Crippen LogP contribution in [0.5, 0.6) is 0 Å². The number of hydrogen-bond donors (Lipinski definition) is 1. The zero-order chi connectivity index (χ0) is 15.7. The number of carbonyl (C=O) groups excluding carboxylic acids is 1. The monoisotopic (exact) mass is 299 g/mol. The lowest BCUT2D eigenvalue weighted by atomic mass is 10.1. The van der Waals surface area contributed by atoms with E-state index < -0.39 is 0 Å². The molecule has 3 rings (SSSR count). The largest absolute Gasteiger partial charge is 0.375 e. The van der Waals surface area contributed by atoms with Crippen LogP contribution in [0.3, 0.4) is 0 Å². The molecule has 1 amide bonds. The summed E-state index contributed by atoms with van der Waals surface area (Å²) in [4.78, 5) is 18.3. The quantitative estimate of drug-likeness (QED) is 0.935. The second kappa shape index (κ2) is 6.02. The number of ether oxygens (including phenoxy) is 1. The molecule has 0 saturated carbocycles. The van der Waals surface area contributed by atoms with Gasteiger partial charge >= 0.3 is 0 Å². The predicted molar refractivity (Wildman–Crippen MR) is 85.3 cm³/mol. The zero-order valence-corrected chi connectivity index (χ0v) is 13.0. The van der Waals surface area contributed by atoms with Crippen LogP contribution >= 0.6 is 0 Å². The van der Waals surface area contributed by atoms with Crippen molar-refractivity contribution in [2.45, 2.75) is 32.5 Å². The van der Waals surface area contributed by atoms with Gasteiger partial charge in [0.25, 0.3) is 0 Å². The van der Waals surface area contributed by atoms with E-state index in [4.69, 9.17) is 10.5 Å². The number of carbonyl (C=O) groups is 1. The maximum atomic E-state index is 11.7. The number of aromatic nitrogens is 1. The molecule has 1 aromatic carbocycles. The van der Waals surface area contributed by atoms with Gasteiger partial charge in [0, 0.05) is 24.2 Å². The molecule has 22 heavy (non-hydrogen) atoms. The molecule has 1 fully saturated rings. The molecule has 0 radical (unpaired) electrons. The maximum absolute atomic E-state index is 11.7. The first-order valence-corrected chi connectivity index (χ1v) is 7.56. The van der Waals surface area contributed by atoms with E-state index in [0.29, 0.717) is 19.7 Å². The highest BCUT2D eigenvalue weighted by Crippen LogP contribution is 2.20. The van der Waals surface area contributed by atoms with E-state index in [1.807, 2.05) is 26.0 Å². The lowest BCUT2D eigenvalue weighted by molar-refractivity contribution is -0.136. The fraction of sp³-hybridized carbons (Fsp3) is 0.412. The number of nitrogens with two attached hydrogens (primary N) is 1. The summed E-state index contributed by atoms with van der Waals surface area (Å²) in [6, 6.07) is 9.93. The van der Waals surface area contributed by atoms with Gasteiger partial charge in [-0.15, -0.1) is 0 Å². The molecule has 0 spiro atoms. The summed E-state index contributed by atoms with van der Waals surface area (Å²) in [6.07, 6.45) is -0.170. The van der Waals surface area contributed by atoms with Crippen LogP contribution in [0.15, 0.2) is 30.3 Å². The molecule has 1 saturated heterocycles. The molecule has 116 valence electrons. The number of aryl methyl sites for hydroxylation is 1. The van der Waals surface area contributed by atoms with Crippen LogP contribution in [0.25, 0.3) is 10.9 Å². The van der Waals surface area contributed by atoms with Gasteiger partial charge in [-0.3, -0.25) is 14.7 Å². The van der Waals surface area contributed by atoms with Crippen molar-refractivity contribution in [3.05, 3.63) is 41.6 Å². The molecule has 5 heteroatoms. The van der Waals surface area contributed by atoms with Crippen molar-refractivity contribution in [1.29, 1.82) is 0 Å². The third-order valence-corrected chi connectivity index (χ3v) is 4.17. The molecule has 1 aliphatic rings. The average Bonchev–Trinajstić information content (AvgIpc) is 2.47. The Morgan fingerprint density at radius 3 is 3.00 bits per heavy atom. The van der Waals surface area contributed by atoms with Gasteiger partial charge in [0.2, 0.25) is 5.91 Å². The van der Waals surface area contributed by atoms with Crippen LogP contribution in [0, 0.1) is 6.92 Å². The molecule has 2 N–H and O–H groups in total. The molecular formula is C17H21N3O2. The summed E-state index contributed by atoms with van der Waals surface area (Å²) in [6.45, 7) is 5.90. The summed E-state index contributed by atoms with van der Waals surface area (Å²) in [5.41, 5.74) is 8.69. The predicted octanol–water partition coefficient (Wildman–Crippen LogP) is 1.62. The van der Waals surface area contributed by atoms with E-state index in [-0.39, 0.29) is 18.1 Å². The minimum absolute atomic E-state index is 0.170. The van der Waals surface area contributed by atoms with Crippen molar-refractivity contribution >= 4 is 16.8 Å². The summed E-state index contributed by atoms with van der Waals surface area (Å²) in [5, 5.41) is 1.11. The highest BCUT2D eigenvalue weighted by molar-refractivity contribution is 5.81. The molecule has 5 nitrogen and oxygen atoms in total. The molecule has 0 bridgehead atoms. The topological polar surface area (TPSA) is 68.5 Å². The Hall–Kier alpha value is -1.98. The Bertz CT molecular complexity index is 701. The SMILES string of the molecule is Cc1ccc2cc(CN3CCO[C@H](C)[C@H]3C(N)=O)ccc2n1. The Kier molecular flexibility index (Phi) is 4.09. The van der Waals surface area contributed by atoms with E-state index in [1.165, 1.54) is 0 Å². The number of benzene rings is 1. The Labute approximate surface area is 130 Å². The number of hydrogen-bond acceptors (Lipinski definition) is 4.